The van der Waals surface area contributed by atoms with Crippen LogP contribution in [-0.4, -0.2) is 42.0 Å². The van der Waals surface area contributed by atoms with Crippen molar-refractivity contribution in [1.82, 2.24) is 4.90 Å². The van der Waals surface area contributed by atoms with Gasteiger partial charge in [-0.1, -0.05) is 36.8 Å². The minimum atomic E-state index is -4.94. The van der Waals surface area contributed by atoms with Crippen LogP contribution >= 0.6 is 0 Å². The van der Waals surface area contributed by atoms with Crippen molar-refractivity contribution in [3.05, 3.63) is 70.8 Å². The highest BCUT2D eigenvalue weighted by Crippen LogP contribution is 2.37. The van der Waals surface area contributed by atoms with E-state index in [-0.39, 0.29) is 24.7 Å². The summed E-state index contributed by atoms with van der Waals surface area (Å²) in [6.45, 7) is 0.900. The van der Waals surface area contributed by atoms with Crippen molar-refractivity contribution in [3.8, 4) is 0 Å². The minimum Gasteiger partial charge on any atom is -0.481 e. The van der Waals surface area contributed by atoms with Crippen molar-refractivity contribution in [1.29, 1.82) is 0 Å². The van der Waals surface area contributed by atoms with E-state index in [1.54, 1.807) is 0 Å². The number of morpholine rings is 1. The van der Waals surface area contributed by atoms with Crippen molar-refractivity contribution >= 4 is 5.97 Å². The van der Waals surface area contributed by atoms with E-state index in [0.29, 0.717) is 44.5 Å². The molecule has 0 bridgehead atoms. The second-order valence-corrected chi connectivity index (χ2v) is 8.56. The molecule has 3 rings (SSSR count). The molecule has 0 aliphatic carbocycles. The Morgan fingerprint density at radius 3 is 2.19 bits per heavy atom. The van der Waals surface area contributed by atoms with Gasteiger partial charge in [-0.15, -0.1) is 0 Å². The predicted molar refractivity (Wildman–Crippen MR) is 118 cm³/mol. The normalized spacial score (nSPS) is 19.4. The molecule has 2 aromatic carbocycles. The number of hydrogen-bond donors (Lipinski definition) is 1. The first kappa shape index (κ1) is 27.9. The summed E-state index contributed by atoms with van der Waals surface area (Å²) in [4.78, 5) is 12.8. The van der Waals surface area contributed by atoms with Gasteiger partial charge in [-0.3, -0.25) is 9.69 Å². The lowest BCUT2D eigenvalue weighted by atomic mass is 10.0. The maximum absolute atomic E-state index is 13.2. The van der Waals surface area contributed by atoms with Gasteiger partial charge in [0.1, 0.15) is 0 Å². The number of carbonyl (C=O) groups is 1. The highest BCUT2D eigenvalue weighted by atomic mass is 19.4. The molecule has 0 amide bonds. The first-order valence-corrected chi connectivity index (χ1v) is 11.5. The van der Waals surface area contributed by atoms with E-state index in [4.69, 9.17) is 14.6 Å². The number of aliphatic carboxylic acids is 1. The van der Waals surface area contributed by atoms with Crippen LogP contribution < -0.4 is 0 Å². The summed E-state index contributed by atoms with van der Waals surface area (Å²) in [6, 6.07) is 10.1. The molecule has 1 aliphatic rings. The van der Waals surface area contributed by atoms with E-state index >= 15 is 0 Å². The molecule has 0 spiro atoms. The number of unbranched alkanes of at least 4 members (excludes halogenated alkanes) is 2. The number of carboxylic acid groups (broad SMARTS) is 1. The van der Waals surface area contributed by atoms with Gasteiger partial charge in [-0.2, -0.15) is 26.3 Å². The quantitative estimate of drug-likeness (QED) is 0.296. The fourth-order valence-corrected chi connectivity index (χ4v) is 4.15. The molecule has 1 heterocycles. The molecule has 198 valence electrons. The Morgan fingerprint density at radius 2 is 1.61 bits per heavy atom. The maximum atomic E-state index is 13.2. The second-order valence-electron chi connectivity index (χ2n) is 8.56. The lowest BCUT2D eigenvalue weighted by Crippen LogP contribution is -2.46. The standard InChI is InChI=1S/C25H27F6NO4/c26-24(27,28)19-13-17(14-20(15-19)25(29,30)31)16-36-23-22(18-7-3-1-4-8-18)32(11-12-35-23)10-6-2-5-9-21(33)34/h1,3-4,7-8,13-15,22-23H,2,5-6,9-12,16H2,(H,33,34). The first-order valence-electron chi connectivity index (χ1n) is 11.5. The van der Waals surface area contributed by atoms with Crippen LogP contribution in [0, 0.1) is 0 Å². The second kappa shape index (κ2) is 12.1. The van der Waals surface area contributed by atoms with Gasteiger partial charge in [-0.05, 0) is 48.7 Å². The lowest BCUT2D eigenvalue weighted by Gasteiger charge is -2.41. The van der Waals surface area contributed by atoms with Crippen LogP contribution in [0.1, 0.15) is 54.0 Å². The molecule has 1 saturated heterocycles. The molecule has 0 radical (unpaired) electrons. The number of ether oxygens (including phenoxy) is 2. The van der Waals surface area contributed by atoms with Crippen LogP contribution in [0.5, 0.6) is 0 Å². The first-order chi connectivity index (χ1) is 16.9. The maximum Gasteiger partial charge on any atom is 0.416 e. The summed E-state index contributed by atoms with van der Waals surface area (Å²) in [6.07, 6.45) is -8.79. The Hall–Kier alpha value is -2.63. The molecule has 36 heavy (non-hydrogen) atoms. The number of benzene rings is 2. The van der Waals surface area contributed by atoms with Crippen LogP contribution in [0.2, 0.25) is 0 Å². The van der Waals surface area contributed by atoms with Gasteiger partial charge < -0.3 is 14.6 Å². The zero-order valence-electron chi connectivity index (χ0n) is 19.3. The number of halogens is 6. The number of rotatable bonds is 10. The van der Waals surface area contributed by atoms with Crippen molar-refractivity contribution in [2.75, 3.05) is 19.7 Å². The Balaban J connectivity index is 1.77. The van der Waals surface area contributed by atoms with Gasteiger partial charge in [0, 0.05) is 13.0 Å². The summed E-state index contributed by atoms with van der Waals surface area (Å²) in [5, 5.41) is 8.80. The van der Waals surface area contributed by atoms with Gasteiger partial charge >= 0.3 is 18.3 Å². The Labute approximate surface area is 204 Å². The minimum absolute atomic E-state index is 0.0772. The van der Waals surface area contributed by atoms with Gasteiger partial charge in [-0.25, -0.2) is 0 Å². The zero-order chi connectivity index (χ0) is 26.3. The Bertz CT molecular complexity index is 964. The summed E-state index contributed by atoms with van der Waals surface area (Å²) < 4.78 is 90.8. The summed E-state index contributed by atoms with van der Waals surface area (Å²) >= 11 is 0. The van der Waals surface area contributed by atoms with Crippen molar-refractivity contribution in [2.45, 2.75) is 57.0 Å². The highest BCUT2D eigenvalue weighted by molar-refractivity contribution is 5.66. The van der Waals surface area contributed by atoms with Crippen LogP contribution in [-0.2, 0) is 33.2 Å². The van der Waals surface area contributed by atoms with Crippen molar-refractivity contribution in [2.24, 2.45) is 0 Å². The van der Waals surface area contributed by atoms with Gasteiger partial charge in [0.05, 0.1) is 30.4 Å². The average molecular weight is 519 g/mol. The molecule has 2 unspecified atom stereocenters. The number of alkyl halides is 6. The number of nitrogens with zero attached hydrogens (tertiary/aromatic N) is 1. The molecule has 2 aromatic rings. The van der Waals surface area contributed by atoms with Crippen LogP contribution in [0.3, 0.4) is 0 Å². The van der Waals surface area contributed by atoms with E-state index < -0.39 is 48.4 Å². The highest BCUT2D eigenvalue weighted by Gasteiger charge is 2.38. The molecule has 0 saturated carbocycles. The molecule has 1 fully saturated rings. The molecule has 5 nitrogen and oxygen atoms in total. The number of carboxylic acids is 1. The fourth-order valence-electron chi connectivity index (χ4n) is 4.15. The lowest BCUT2D eigenvalue weighted by molar-refractivity contribution is -0.216. The summed E-state index contributed by atoms with van der Waals surface area (Å²) in [5.74, 6) is -0.861. The molecule has 1 N–H and O–H groups in total. The van der Waals surface area contributed by atoms with Crippen LogP contribution in [0.25, 0.3) is 0 Å². The smallest absolute Gasteiger partial charge is 0.416 e. The molecule has 2 atom stereocenters. The Morgan fingerprint density at radius 1 is 0.972 bits per heavy atom. The van der Waals surface area contributed by atoms with Crippen LogP contribution in [0.4, 0.5) is 26.3 Å². The predicted octanol–water partition coefficient (Wildman–Crippen LogP) is 6.29. The average Bonchev–Trinajstić information content (AvgIpc) is 2.81. The zero-order valence-corrected chi connectivity index (χ0v) is 19.3. The van der Waals surface area contributed by atoms with Crippen LogP contribution in [0.15, 0.2) is 48.5 Å². The van der Waals surface area contributed by atoms with E-state index in [1.807, 2.05) is 30.3 Å². The largest absolute Gasteiger partial charge is 0.481 e. The van der Waals surface area contributed by atoms with E-state index in [2.05, 4.69) is 4.90 Å². The third-order valence-electron chi connectivity index (χ3n) is 5.85. The van der Waals surface area contributed by atoms with Crippen molar-refractivity contribution < 1.29 is 45.7 Å². The number of hydrogen-bond acceptors (Lipinski definition) is 4. The SMILES string of the molecule is O=C(O)CCCCCN1CCOC(OCc2cc(C(F)(F)F)cc(C(F)(F)F)c2)C1c1ccccc1. The van der Waals surface area contributed by atoms with Gasteiger partial charge in [0.2, 0.25) is 0 Å². The molecular weight excluding hydrogens is 492 g/mol. The monoisotopic (exact) mass is 519 g/mol. The van der Waals surface area contributed by atoms with E-state index in [1.165, 1.54) is 0 Å². The van der Waals surface area contributed by atoms with Gasteiger partial charge in [0.25, 0.3) is 0 Å². The summed E-state index contributed by atoms with van der Waals surface area (Å²) in [5.41, 5.74) is -2.24. The molecule has 0 aromatic heterocycles. The Kier molecular flexibility index (Phi) is 9.37. The van der Waals surface area contributed by atoms with E-state index in [0.717, 1.165) is 5.56 Å². The summed E-state index contributed by atoms with van der Waals surface area (Å²) in [7, 11) is 0. The van der Waals surface area contributed by atoms with Crippen molar-refractivity contribution in [3.63, 3.8) is 0 Å². The topological polar surface area (TPSA) is 59.0 Å². The third-order valence-corrected chi connectivity index (χ3v) is 5.85. The third kappa shape index (κ3) is 7.94. The van der Waals surface area contributed by atoms with Gasteiger partial charge in [0.15, 0.2) is 6.29 Å². The molecule has 1 aliphatic heterocycles. The molecule has 11 heteroatoms. The fraction of sp³-hybridized carbons (Fsp3) is 0.480. The molecular formula is C25H27F6NO4. The van der Waals surface area contributed by atoms with E-state index in [9.17, 15) is 31.1 Å².